The van der Waals surface area contributed by atoms with E-state index in [9.17, 15) is 4.79 Å². The van der Waals surface area contributed by atoms with Gasteiger partial charge in [0.15, 0.2) is 6.10 Å². The quantitative estimate of drug-likeness (QED) is 0.804. The fraction of sp³-hybridized carbons (Fsp3) is 0.235. The number of hydrogen-bond acceptors (Lipinski definition) is 4. The number of nitrogens with two attached hydrogens (primary N) is 1. The summed E-state index contributed by atoms with van der Waals surface area (Å²) in [5, 5.41) is 2.80. The average Bonchev–Trinajstić information content (AvgIpc) is 2.49. The van der Waals surface area contributed by atoms with Gasteiger partial charge in [-0.2, -0.15) is 0 Å². The number of hydrogen-bond donors (Lipinski definition) is 2. The van der Waals surface area contributed by atoms with Gasteiger partial charge in [0.1, 0.15) is 11.5 Å². The summed E-state index contributed by atoms with van der Waals surface area (Å²) in [6.45, 7) is 4.22. The summed E-state index contributed by atoms with van der Waals surface area (Å²) < 4.78 is 10.9. The van der Waals surface area contributed by atoms with Crippen molar-refractivity contribution in [3.8, 4) is 11.5 Å². The Bertz CT molecular complexity index is 626. The largest absolute Gasteiger partial charge is 0.494 e. The lowest BCUT2D eigenvalue weighted by molar-refractivity contribution is -0.122. The second-order valence-electron chi connectivity index (χ2n) is 4.78. The molecule has 2 rings (SSSR count). The molecule has 5 heteroatoms. The summed E-state index contributed by atoms with van der Waals surface area (Å²) in [5.41, 5.74) is 6.97. The first kappa shape index (κ1) is 15.7. The standard InChI is InChI=1S/C17H20N2O3/c1-3-21-15-9-7-14(8-10-15)19-17(20)12(2)22-16-6-4-5-13(18)11-16/h4-12H,3,18H2,1-2H3,(H,19,20). The van der Waals surface area contributed by atoms with Gasteiger partial charge in [-0.1, -0.05) is 6.07 Å². The van der Waals surface area contributed by atoms with Crippen LogP contribution in [0.25, 0.3) is 0 Å². The van der Waals surface area contributed by atoms with Crippen LogP contribution in [0.4, 0.5) is 11.4 Å². The maximum atomic E-state index is 12.1. The van der Waals surface area contributed by atoms with Crippen LogP contribution in [-0.4, -0.2) is 18.6 Å². The zero-order valence-electron chi connectivity index (χ0n) is 12.7. The van der Waals surface area contributed by atoms with Crippen LogP contribution in [0.15, 0.2) is 48.5 Å². The molecule has 5 nitrogen and oxygen atoms in total. The van der Waals surface area contributed by atoms with E-state index in [-0.39, 0.29) is 5.91 Å². The molecule has 0 aliphatic carbocycles. The lowest BCUT2D eigenvalue weighted by Crippen LogP contribution is -2.30. The molecule has 116 valence electrons. The Hall–Kier alpha value is -2.69. The zero-order valence-corrected chi connectivity index (χ0v) is 12.7. The molecule has 3 N–H and O–H groups in total. The van der Waals surface area contributed by atoms with E-state index in [2.05, 4.69) is 5.32 Å². The monoisotopic (exact) mass is 300 g/mol. The zero-order chi connectivity index (χ0) is 15.9. The van der Waals surface area contributed by atoms with Crippen LogP contribution in [0.1, 0.15) is 13.8 Å². The van der Waals surface area contributed by atoms with Crippen molar-refractivity contribution in [3.63, 3.8) is 0 Å². The van der Waals surface area contributed by atoms with E-state index in [0.717, 1.165) is 5.75 Å². The minimum Gasteiger partial charge on any atom is -0.494 e. The van der Waals surface area contributed by atoms with Crippen LogP contribution >= 0.6 is 0 Å². The molecule has 22 heavy (non-hydrogen) atoms. The van der Waals surface area contributed by atoms with Gasteiger partial charge in [-0.05, 0) is 50.2 Å². The summed E-state index contributed by atoms with van der Waals surface area (Å²) in [7, 11) is 0. The Morgan fingerprint density at radius 2 is 1.91 bits per heavy atom. The van der Waals surface area contributed by atoms with E-state index in [1.807, 2.05) is 19.1 Å². The fourth-order valence-corrected chi connectivity index (χ4v) is 1.89. The number of nitrogen functional groups attached to an aromatic ring is 1. The lowest BCUT2D eigenvalue weighted by Gasteiger charge is -2.15. The topological polar surface area (TPSA) is 73.6 Å². The first-order chi connectivity index (χ1) is 10.6. The SMILES string of the molecule is CCOc1ccc(NC(=O)C(C)Oc2cccc(N)c2)cc1. The maximum Gasteiger partial charge on any atom is 0.265 e. The predicted molar refractivity (Wildman–Crippen MR) is 87.2 cm³/mol. The van der Waals surface area contributed by atoms with Gasteiger partial charge in [0.05, 0.1) is 6.61 Å². The lowest BCUT2D eigenvalue weighted by atomic mass is 10.2. The highest BCUT2D eigenvalue weighted by atomic mass is 16.5. The number of benzene rings is 2. The molecular weight excluding hydrogens is 280 g/mol. The van der Waals surface area contributed by atoms with Crippen molar-refractivity contribution < 1.29 is 14.3 Å². The summed E-state index contributed by atoms with van der Waals surface area (Å²) in [6, 6.07) is 14.2. The molecule has 1 amide bonds. The molecule has 0 aromatic heterocycles. The van der Waals surface area contributed by atoms with Gasteiger partial charge in [-0.25, -0.2) is 0 Å². The second-order valence-corrected chi connectivity index (χ2v) is 4.78. The van der Waals surface area contributed by atoms with Gasteiger partial charge in [-0.15, -0.1) is 0 Å². The Morgan fingerprint density at radius 1 is 1.18 bits per heavy atom. The first-order valence-corrected chi connectivity index (χ1v) is 7.14. The molecule has 2 aromatic carbocycles. The van der Waals surface area contributed by atoms with E-state index in [0.29, 0.717) is 23.7 Å². The third kappa shape index (κ3) is 4.41. The Balaban J connectivity index is 1.93. The van der Waals surface area contributed by atoms with Gasteiger partial charge in [0.25, 0.3) is 5.91 Å². The third-order valence-corrected chi connectivity index (χ3v) is 2.97. The number of anilines is 2. The molecule has 0 aliphatic rings. The molecule has 2 aromatic rings. The van der Waals surface area contributed by atoms with Crippen LogP contribution < -0.4 is 20.5 Å². The molecule has 0 aliphatic heterocycles. The number of nitrogens with one attached hydrogen (secondary N) is 1. The molecule has 0 bridgehead atoms. The molecule has 0 fully saturated rings. The molecule has 1 atom stereocenters. The first-order valence-electron chi connectivity index (χ1n) is 7.14. The number of carbonyl (C=O) groups is 1. The predicted octanol–water partition coefficient (Wildman–Crippen LogP) is 3.07. The Morgan fingerprint density at radius 3 is 2.55 bits per heavy atom. The number of rotatable bonds is 6. The van der Waals surface area contributed by atoms with E-state index in [1.165, 1.54) is 0 Å². The van der Waals surface area contributed by atoms with Crippen LogP contribution in [-0.2, 0) is 4.79 Å². The number of carbonyl (C=O) groups excluding carboxylic acids is 1. The van der Waals surface area contributed by atoms with Gasteiger partial charge in [0.2, 0.25) is 0 Å². The summed E-state index contributed by atoms with van der Waals surface area (Å²) in [6.07, 6.45) is -0.631. The number of ether oxygens (including phenoxy) is 2. The molecule has 0 radical (unpaired) electrons. The molecule has 0 heterocycles. The van der Waals surface area contributed by atoms with Crippen LogP contribution in [0, 0.1) is 0 Å². The van der Waals surface area contributed by atoms with Crippen LogP contribution in [0.5, 0.6) is 11.5 Å². The summed E-state index contributed by atoms with van der Waals surface area (Å²) >= 11 is 0. The van der Waals surface area contributed by atoms with Crippen LogP contribution in [0.3, 0.4) is 0 Å². The van der Waals surface area contributed by atoms with Crippen molar-refractivity contribution in [2.75, 3.05) is 17.7 Å². The van der Waals surface area contributed by atoms with E-state index >= 15 is 0 Å². The van der Waals surface area contributed by atoms with Crippen LogP contribution in [0.2, 0.25) is 0 Å². The molecule has 0 saturated carbocycles. The van der Waals surface area contributed by atoms with Crippen molar-refractivity contribution >= 4 is 17.3 Å². The van der Waals surface area contributed by atoms with Gasteiger partial charge >= 0.3 is 0 Å². The van der Waals surface area contributed by atoms with Crippen molar-refractivity contribution in [1.29, 1.82) is 0 Å². The second kappa shape index (κ2) is 7.36. The Labute approximate surface area is 130 Å². The van der Waals surface area contributed by atoms with Crippen molar-refractivity contribution in [2.45, 2.75) is 20.0 Å². The summed E-state index contributed by atoms with van der Waals surface area (Å²) in [4.78, 5) is 12.1. The maximum absolute atomic E-state index is 12.1. The Kier molecular flexibility index (Phi) is 5.25. The fourth-order valence-electron chi connectivity index (χ4n) is 1.89. The summed E-state index contributed by atoms with van der Waals surface area (Å²) in [5.74, 6) is 1.10. The van der Waals surface area contributed by atoms with Gasteiger partial charge in [-0.3, -0.25) is 4.79 Å². The van der Waals surface area contributed by atoms with E-state index in [1.54, 1.807) is 43.3 Å². The minimum absolute atomic E-state index is 0.230. The van der Waals surface area contributed by atoms with Crippen molar-refractivity contribution in [3.05, 3.63) is 48.5 Å². The normalized spacial score (nSPS) is 11.5. The number of amides is 1. The van der Waals surface area contributed by atoms with Gasteiger partial charge < -0.3 is 20.5 Å². The minimum atomic E-state index is -0.631. The van der Waals surface area contributed by atoms with Gasteiger partial charge in [0, 0.05) is 17.4 Å². The average molecular weight is 300 g/mol. The molecule has 0 saturated heterocycles. The van der Waals surface area contributed by atoms with Crippen molar-refractivity contribution in [2.24, 2.45) is 0 Å². The highest BCUT2D eigenvalue weighted by molar-refractivity contribution is 5.94. The molecule has 1 unspecified atom stereocenters. The highest BCUT2D eigenvalue weighted by Gasteiger charge is 2.15. The molecule has 0 spiro atoms. The highest BCUT2D eigenvalue weighted by Crippen LogP contribution is 2.18. The third-order valence-electron chi connectivity index (χ3n) is 2.97. The smallest absolute Gasteiger partial charge is 0.265 e. The van der Waals surface area contributed by atoms with Crippen molar-refractivity contribution in [1.82, 2.24) is 0 Å². The van der Waals surface area contributed by atoms with E-state index < -0.39 is 6.10 Å². The van der Waals surface area contributed by atoms with E-state index in [4.69, 9.17) is 15.2 Å². The molecular formula is C17H20N2O3.